The Morgan fingerprint density at radius 1 is 1.18 bits per heavy atom. The number of thiophene rings is 1. The summed E-state index contributed by atoms with van der Waals surface area (Å²) < 4.78 is 15.5. The molecule has 146 valence electrons. The molecule has 0 saturated carbocycles. The third-order valence-corrected chi connectivity index (χ3v) is 6.24. The van der Waals surface area contributed by atoms with Crippen LogP contribution in [-0.4, -0.2) is 51.9 Å². The maximum atomic E-state index is 13.5. The van der Waals surface area contributed by atoms with Crippen molar-refractivity contribution in [3.63, 3.8) is 0 Å². The van der Waals surface area contributed by atoms with Crippen molar-refractivity contribution in [1.29, 1.82) is 0 Å². The highest BCUT2D eigenvalue weighted by Gasteiger charge is 2.32. The van der Waals surface area contributed by atoms with Gasteiger partial charge in [0.15, 0.2) is 0 Å². The number of aromatic nitrogens is 1. The molecular formula is C21H22FN3O2S. The van der Waals surface area contributed by atoms with E-state index in [1.54, 1.807) is 22.3 Å². The van der Waals surface area contributed by atoms with E-state index in [1.807, 2.05) is 36.3 Å². The first-order valence-corrected chi connectivity index (χ1v) is 10.3. The maximum Gasteiger partial charge on any atom is 0.270 e. The second kappa shape index (κ2) is 7.39. The van der Waals surface area contributed by atoms with Crippen molar-refractivity contribution in [2.75, 3.05) is 19.6 Å². The highest BCUT2D eigenvalue weighted by atomic mass is 32.1. The second-order valence-corrected chi connectivity index (χ2v) is 7.96. The number of hydrogen-bond acceptors (Lipinski definition) is 3. The normalized spacial score (nSPS) is 17.3. The molecule has 0 N–H and O–H groups in total. The van der Waals surface area contributed by atoms with Crippen molar-refractivity contribution in [2.24, 2.45) is 0 Å². The predicted molar refractivity (Wildman–Crippen MR) is 108 cm³/mol. The molecule has 0 aliphatic carbocycles. The molecule has 28 heavy (non-hydrogen) atoms. The third-order valence-electron chi connectivity index (χ3n) is 5.28. The fraction of sp³-hybridized carbons (Fsp3) is 0.333. The minimum absolute atomic E-state index is 0.00467. The van der Waals surface area contributed by atoms with Crippen LogP contribution in [0.5, 0.6) is 0 Å². The molecule has 1 aliphatic rings. The molecule has 1 fully saturated rings. The SMILES string of the molecule is CCn1c(C(=O)N2CCN(C(=O)c3cccc(F)c3)[C@@H](C)C2)cc2ccsc21. The average molecular weight is 399 g/mol. The van der Waals surface area contributed by atoms with Gasteiger partial charge in [0.05, 0.1) is 0 Å². The Balaban J connectivity index is 1.51. The van der Waals surface area contributed by atoms with Gasteiger partial charge < -0.3 is 14.4 Å². The molecule has 3 aromatic rings. The van der Waals surface area contributed by atoms with Crippen LogP contribution in [0.2, 0.25) is 0 Å². The summed E-state index contributed by atoms with van der Waals surface area (Å²) >= 11 is 1.64. The summed E-state index contributed by atoms with van der Waals surface area (Å²) in [6.07, 6.45) is 0. The molecule has 2 amide bonds. The molecule has 2 aromatic heterocycles. The molecule has 0 spiro atoms. The van der Waals surface area contributed by atoms with Crippen LogP contribution in [0.1, 0.15) is 34.7 Å². The van der Waals surface area contributed by atoms with Gasteiger partial charge in [0.1, 0.15) is 16.3 Å². The Bertz CT molecular complexity index is 1040. The summed E-state index contributed by atoms with van der Waals surface area (Å²) in [6.45, 7) is 6.06. The number of aryl methyl sites for hydroxylation is 1. The summed E-state index contributed by atoms with van der Waals surface area (Å²) in [6, 6.07) is 9.58. The topological polar surface area (TPSA) is 45.6 Å². The zero-order valence-electron chi connectivity index (χ0n) is 15.9. The smallest absolute Gasteiger partial charge is 0.270 e. The molecular weight excluding hydrogens is 377 g/mol. The first kappa shape index (κ1) is 18.7. The molecule has 0 bridgehead atoms. The number of carbonyl (C=O) groups excluding carboxylic acids is 2. The van der Waals surface area contributed by atoms with Crippen molar-refractivity contribution in [2.45, 2.75) is 26.4 Å². The summed E-state index contributed by atoms with van der Waals surface area (Å²) in [7, 11) is 0. The molecule has 1 saturated heterocycles. The molecule has 3 heterocycles. The second-order valence-electron chi connectivity index (χ2n) is 7.06. The van der Waals surface area contributed by atoms with Crippen LogP contribution < -0.4 is 0 Å². The summed E-state index contributed by atoms with van der Waals surface area (Å²) in [4.78, 5) is 30.5. The van der Waals surface area contributed by atoms with Gasteiger partial charge in [-0.05, 0) is 49.6 Å². The number of amides is 2. The van der Waals surface area contributed by atoms with Gasteiger partial charge in [-0.2, -0.15) is 0 Å². The number of piperazine rings is 1. The number of benzene rings is 1. The predicted octanol–water partition coefficient (Wildman–Crippen LogP) is 3.85. The lowest BCUT2D eigenvalue weighted by Gasteiger charge is -2.40. The van der Waals surface area contributed by atoms with E-state index in [0.717, 1.165) is 16.8 Å². The van der Waals surface area contributed by atoms with E-state index in [2.05, 4.69) is 4.57 Å². The Kier molecular flexibility index (Phi) is 4.93. The zero-order chi connectivity index (χ0) is 19.8. The quantitative estimate of drug-likeness (QED) is 0.672. The lowest BCUT2D eigenvalue weighted by Crippen LogP contribution is -2.55. The fourth-order valence-electron chi connectivity index (χ4n) is 3.86. The third kappa shape index (κ3) is 3.20. The van der Waals surface area contributed by atoms with E-state index in [1.165, 1.54) is 18.2 Å². The van der Waals surface area contributed by atoms with Gasteiger partial charge in [0.2, 0.25) is 0 Å². The van der Waals surface area contributed by atoms with Crippen molar-refractivity contribution >= 4 is 33.4 Å². The van der Waals surface area contributed by atoms with Crippen LogP contribution >= 0.6 is 11.3 Å². The van der Waals surface area contributed by atoms with Gasteiger partial charge in [-0.25, -0.2) is 4.39 Å². The van der Waals surface area contributed by atoms with Gasteiger partial charge in [0, 0.05) is 43.2 Å². The monoisotopic (exact) mass is 399 g/mol. The zero-order valence-corrected chi connectivity index (χ0v) is 16.7. The Morgan fingerprint density at radius 2 is 2.00 bits per heavy atom. The van der Waals surface area contributed by atoms with Gasteiger partial charge in [-0.1, -0.05) is 6.07 Å². The van der Waals surface area contributed by atoms with E-state index in [4.69, 9.17) is 0 Å². The van der Waals surface area contributed by atoms with E-state index in [9.17, 15) is 14.0 Å². The lowest BCUT2D eigenvalue weighted by atomic mass is 10.1. The van der Waals surface area contributed by atoms with Crippen LogP contribution in [0, 0.1) is 5.82 Å². The number of carbonyl (C=O) groups is 2. The van der Waals surface area contributed by atoms with Crippen LogP contribution in [0.3, 0.4) is 0 Å². The van der Waals surface area contributed by atoms with E-state index in [-0.39, 0.29) is 17.9 Å². The number of rotatable bonds is 3. The number of fused-ring (bicyclic) bond motifs is 1. The Labute approximate surface area is 167 Å². The molecule has 7 heteroatoms. The Hall–Kier alpha value is -2.67. The van der Waals surface area contributed by atoms with E-state index in [0.29, 0.717) is 30.9 Å². The number of nitrogens with zero attached hydrogens (tertiary/aromatic N) is 3. The molecule has 0 unspecified atom stereocenters. The first-order chi connectivity index (χ1) is 13.5. The van der Waals surface area contributed by atoms with Crippen molar-refractivity contribution in [1.82, 2.24) is 14.4 Å². The minimum Gasteiger partial charge on any atom is -0.334 e. The molecule has 0 radical (unpaired) electrons. The summed E-state index contributed by atoms with van der Waals surface area (Å²) in [5.74, 6) is -0.626. The number of halogens is 1. The van der Waals surface area contributed by atoms with E-state index >= 15 is 0 Å². The fourth-order valence-corrected chi connectivity index (χ4v) is 4.82. The van der Waals surface area contributed by atoms with Crippen LogP contribution in [-0.2, 0) is 6.54 Å². The Morgan fingerprint density at radius 3 is 2.71 bits per heavy atom. The van der Waals surface area contributed by atoms with Crippen molar-refractivity contribution < 1.29 is 14.0 Å². The largest absolute Gasteiger partial charge is 0.334 e. The maximum absolute atomic E-state index is 13.5. The summed E-state index contributed by atoms with van der Waals surface area (Å²) in [5, 5.41) is 3.12. The van der Waals surface area contributed by atoms with Gasteiger partial charge in [-0.15, -0.1) is 11.3 Å². The molecule has 4 rings (SSSR count). The highest BCUT2D eigenvalue weighted by Crippen LogP contribution is 2.27. The highest BCUT2D eigenvalue weighted by molar-refractivity contribution is 7.16. The molecule has 1 aromatic carbocycles. The molecule has 1 aliphatic heterocycles. The average Bonchev–Trinajstić information content (AvgIpc) is 3.27. The van der Waals surface area contributed by atoms with Crippen LogP contribution in [0.15, 0.2) is 41.8 Å². The van der Waals surface area contributed by atoms with Gasteiger partial charge in [-0.3, -0.25) is 9.59 Å². The van der Waals surface area contributed by atoms with Gasteiger partial charge >= 0.3 is 0 Å². The van der Waals surface area contributed by atoms with Crippen LogP contribution in [0.25, 0.3) is 10.2 Å². The van der Waals surface area contributed by atoms with Crippen LogP contribution in [0.4, 0.5) is 4.39 Å². The number of hydrogen-bond donors (Lipinski definition) is 0. The molecule has 1 atom stereocenters. The standard InChI is InChI=1S/C21H22FN3O2S/c1-3-24-18(12-16-7-10-28-21(16)24)20(27)23-8-9-25(14(2)13-23)19(26)15-5-4-6-17(22)11-15/h4-7,10-12,14H,3,8-9,13H2,1-2H3/t14-/m0/s1. The van der Waals surface area contributed by atoms with Gasteiger partial charge in [0.25, 0.3) is 11.8 Å². The van der Waals surface area contributed by atoms with E-state index < -0.39 is 5.82 Å². The van der Waals surface area contributed by atoms with Crippen molar-refractivity contribution in [3.8, 4) is 0 Å². The first-order valence-electron chi connectivity index (χ1n) is 9.42. The lowest BCUT2D eigenvalue weighted by molar-refractivity contribution is 0.0409. The summed E-state index contributed by atoms with van der Waals surface area (Å²) in [5.41, 5.74) is 1.04. The minimum atomic E-state index is -0.424. The van der Waals surface area contributed by atoms with Crippen molar-refractivity contribution in [3.05, 3.63) is 58.9 Å². The molecule has 5 nitrogen and oxygen atoms in total.